The van der Waals surface area contributed by atoms with Crippen molar-refractivity contribution >= 4 is 10.9 Å². The molecule has 0 amide bonds. The summed E-state index contributed by atoms with van der Waals surface area (Å²) in [6.45, 7) is 2.75. The fourth-order valence-electron chi connectivity index (χ4n) is 4.15. The molecule has 0 radical (unpaired) electrons. The van der Waals surface area contributed by atoms with Gasteiger partial charge in [-0.3, -0.25) is 0 Å². The van der Waals surface area contributed by atoms with E-state index >= 15 is 0 Å². The third-order valence-corrected chi connectivity index (χ3v) is 5.95. The Morgan fingerprint density at radius 1 is 0.758 bits per heavy atom. The number of hydrogen-bond donors (Lipinski definition) is 0. The molecule has 33 heavy (non-hydrogen) atoms. The molecule has 6 nitrogen and oxygen atoms in total. The second kappa shape index (κ2) is 8.47. The molecule has 0 spiro atoms. The Morgan fingerprint density at radius 2 is 1.42 bits per heavy atom. The van der Waals surface area contributed by atoms with Crippen LogP contribution in [0, 0.1) is 6.92 Å². The topological polar surface area (TPSA) is 58.4 Å². The van der Waals surface area contributed by atoms with Crippen LogP contribution in [0.3, 0.4) is 0 Å². The molecule has 0 saturated carbocycles. The maximum atomic E-state index is 5.59. The molecule has 5 rings (SSSR count). The number of nitrogens with zero attached hydrogens (tertiary/aromatic N) is 3. The molecule has 0 fully saturated rings. The van der Waals surface area contributed by atoms with Gasteiger partial charge in [-0.05, 0) is 30.7 Å². The van der Waals surface area contributed by atoms with Crippen LogP contribution in [-0.4, -0.2) is 36.1 Å². The van der Waals surface area contributed by atoms with Crippen LogP contribution in [0.5, 0.6) is 17.2 Å². The van der Waals surface area contributed by atoms with Crippen molar-refractivity contribution in [1.82, 2.24) is 14.8 Å². The molecule has 0 aromatic heterocycles. The van der Waals surface area contributed by atoms with Gasteiger partial charge in [-0.2, -0.15) is 0 Å². The monoisotopic (exact) mass is 439 g/mol. The average Bonchev–Trinajstić information content (AvgIpc) is 3.28. The highest BCUT2D eigenvalue weighted by Crippen LogP contribution is 2.41. The van der Waals surface area contributed by atoms with Crippen LogP contribution in [0.1, 0.15) is 11.1 Å². The van der Waals surface area contributed by atoms with E-state index in [2.05, 4.69) is 64.3 Å². The van der Waals surface area contributed by atoms with Crippen molar-refractivity contribution in [3.63, 3.8) is 0 Å². The SMILES string of the molecule is COc1ccc(Cn2cc3c(-c4ccc(C)cc4)nnc-3c3cc(OC)c(OC)cc32)cc1. The standard InChI is InChI=1S/C27H25N3O3/c1-17-5-9-19(10-6-17)26-22-16-30(15-18-7-11-20(31-2)12-8-18)23-14-25(33-4)24(32-3)13-21(23)27(22)29-28-26/h5-14,16H,15H2,1-4H3. The van der Waals surface area contributed by atoms with E-state index in [1.54, 1.807) is 21.3 Å². The van der Waals surface area contributed by atoms with Crippen LogP contribution in [-0.2, 0) is 6.54 Å². The lowest BCUT2D eigenvalue weighted by Gasteiger charge is -2.18. The van der Waals surface area contributed by atoms with Gasteiger partial charge in [0.25, 0.3) is 0 Å². The van der Waals surface area contributed by atoms with Crippen LogP contribution in [0.25, 0.3) is 33.4 Å². The minimum atomic E-state index is 0.661. The molecule has 6 heteroatoms. The van der Waals surface area contributed by atoms with Crippen LogP contribution in [0.4, 0.5) is 0 Å². The quantitative estimate of drug-likeness (QED) is 0.345. The first-order valence-corrected chi connectivity index (χ1v) is 10.7. The van der Waals surface area contributed by atoms with E-state index in [1.807, 2.05) is 24.3 Å². The second-order valence-electron chi connectivity index (χ2n) is 8.01. The molecule has 0 N–H and O–H groups in total. The average molecular weight is 440 g/mol. The molecule has 2 aliphatic heterocycles. The summed E-state index contributed by atoms with van der Waals surface area (Å²) in [6, 6.07) is 20.4. The van der Waals surface area contributed by atoms with Crippen molar-refractivity contribution in [2.24, 2.45) is 0 Å². The molecule has 0 aliphatic carbocycles. The van der Waals surface area contributed by atoms with Gasteiger partial charge in [0.1, 0.15) is 17.1 Å². The summed E-state index contributed by atoms with van der Waals surface area (Å²) in [5.74, 6) is 2.17. The summed E-state index contributed by atoms with van der Waals surface area (Å²) in [5, 5.41) is 10.1. The fourth-order valence-corrected chi connectivity index (χ4v) is 4.15. The largest absolute Gasteiger partial charge is 0.497 e. The van der Waals surface area contributed by atoms with Crippen LogP contribution in [0.2, 0.25) is 0 Å². The van der Waals surface area contributed by atoms with Crippen molar-refractivity contribution in [3.8, 4) is 39.8 Å². The minimum Gasteiger partial charge on any atom is -0.497 e. The number of fused-ring (bicyclic) bond motifs is 3. The van der Waals surface area contributed by atoms with E-state index in [1.165, 1.54) is 5.56 Å². The number of hydrogen-bond acceptors (Lipinski definition) is 5. The predicted octanol–water partition coefficient (Wildman–Crippen LogP) is 5.59. The third-order valence-electron chi connectivity index (χ3n) is 5.95. The van der Waals surface area contributed by atoms with Gasteiger partial charge in [0, 0.05) is 35.3 Å². The summed E-state index contributed by atoms with van der Waals surface area (Å²) in [5.41, 5.74) is 7.09. The number of ether oxygens (including phenoxy) is 3. The summed E-state index contributed by atoms with van der Waals surface area (Å²) < 4.78 is 18.7. The zero-order valence-electron chi connectivity index (χ0n) is 19.1. The lowest BCUT2D eigenvalue weighted by molar-refractivity contribution is 0.355. The smallest absolute Gasteiger partial charge is 0.162 e. The van der Waals surface area contributed by atoms with Crippen molar-refractivity contribution in [3.05, 3.63) is 78.0 Å². The van der Waals surface area contributed by atoms with E-state index in [9.17, 15) is 0 Å². The van der Waals surface area contributed by atoms with Crippen molar-refractivity contribution in [2.45, 2.75) is 13.5 Å². The molecule has 0 unspecified atom stereocenters. The van der Waals surface area contributed by atoms with Gasteiger partial charge in [0.2, 0.25) is 0 Å². The minimum absolute atomic E-state index is 0.661. The van der Waals surface area contributed by atoms with E-state index in [4.69, 9.17) is 14.2 Å². The zero-order valence-corrected chi connectivity index (χ0v) is 19.1. The maximum Gasteiger partial charge on any atom is 0.162 e. The van der Waals surface area contributed by atoms with Crippen molar-refractivity contribution in [1.29, 1.82) is 0 Å². The molecular formula is C27H25N3O3. The molecule has 0 atom stereocenters. The molecule has 2 heterocycles. The van der Waals surface area contributed by atoms with Gasteiger partial charge in [0.15, 0.2) is 11.5 Å². The van der Waals surface area contributed by atoms with Crippen LogP contribution in [0.15, 0.2) is 66.9 Å². The Labute approximate surface area is 192 Å². The summed E-state index contributed by atoms with van der Waals surface area (Å²) in [4.78, 5) is 0. The summed E-state index contributed by atoms with van der Waals surface area (Å²) in [7, 11) is 4.96. The Bertz CT molecular complexity index is 1390. The van der Waals surface area contributed by atoms with Crippen molar-refractivity contribution in [2.75, 3.05) is 21.3 Å². The van der Waals surface area contributed by atoms with E-state index in [-0.39, 0.29) is 0 Å². The highest BCUT2D eigenvalue weighted by molar-refractivity contribution is 5.99. The molecule has 166 valence electrons. The van der Waals surface area contributed by atoms with E-state index in [0.29, 0.717) is 18.0 Å². The van der Waals surface area contributed by atoms with E-state index < -0.39 is 0 Å². The number of methoxy groups -OCH3 is 3. The Balaban J connectivity index is 1.73. The number of rotatable bonds is 6. The predicted molar refractivity (Wildman–Crippen MR) is 130 cm³/mol. The molecule has 0 saturated heterocycles. The van der Waals surface area contributed by atoms with Gasteiger partial charge in [-0.1, -0.05) is 42.0 Å². The van der Waals surface area contributed by atoms with Crippen molar-refractivity contribution < 1.29 is 14.2 Å². The van der Waals surface area contributed by atoms with Gasteiger partial charge in [0.05, 0.1) is 26.8 Å². The number of aromatic nitrogens is 3. The van der Waals surface area contributed by atoms with Gasteiger partial charge in [-0.25, -0.2) is 0 Å². The first-order chi connectivity index (χ1) is 16.1. The summed E-state index contributed by atoms with van der Waals surface area (Å²) in [6.07, 6.45) is 2.13. The lowest BCUT2D eigenvalue weighted by Crippen LogP contribution is -2.05. The van der Waals surface area contributed by atoms with Crippen LogP contribution < -0.4 is 14.2 Å². The van der Waals surface area contributed by atoms with Gasteiger partial charge >= 0.3 is 0 Å². The molecule has 2 aliphatic rings. The Kier molecular flexibility index (Phi) is 5.34. The maximum absolute atomic E-state index is 5.59. The summed E-state index contributed by atoms with van der Waals surface area (Å²) >= 11 is 0. The zero-order chi connectivity index (χ0) is 22.9. The Hall–Kier alpha value is -4.06. The number of aryl methyl sites for hydroxylation is 1. The fraction of sp³-hybridized carbons (Fsp3) is 0.185. The second-order valence-corrected chi connectivity index (χ2v) is 8.01. The Morgan fingerprint density at radius 3 is 2.09 bits per heavy atom. The van der Waals surface area contributed by atoms with Gasteiger partial charge < -0.3 is 18.8 Å². The first-order valence-electron chi connectivity index (χ1n) is 10.7. The highest BCUT2D eigenvalue weighted by atomic mass is 16.5. The van der Waals surface area contributed by atoms with E-state index in [0.717, 1.165) is 44.7 Å². The number of pyridine rings is 1. The lowest BCUT2D eigenvalue weighted by atomic mass is 10.0. The van der Waals surface area contributed by atoms with Crippen LogP contribution >= 0.6 is 0 Å². The molecule has 3 aromatic carbocycles. The molecule has 0 bridgehead atoms. The molecular weight excluding hydrogens is 414 g/mol. The molecule has 3 aromatic rings. The normalized spacial score (nSPS) is 11.2. The van der Waals surface area contributed by atoms with Gasteiger partial charge in [-0.15, -0.1) is 10.2 Å². The third kappa shape index (κ3) is 3.74. The first kappa shape index (κ1) is 20.8. The highest BCUT2D eigenvalue weighted by Gasteiger charge is 2.22. The number of benzene rings is 3.